The fourth-order valence-electron chi connectivity index (χ4n) is 1.68. The van der Waals surface area contributed by atoms with Gasteiger partial charge in [0, 0.05) is 0 Å². The van der Waals surface area contributed by atoms with Crippen LogP contribution in [0.15, 0.2) is 30.3 Å². The molecule has 1 heterocycles. The maximum atomic E-state index is 10.5. The molecule has 2 rings (SSSR count). The highest BCUT2D eigenvalue weighted by Crippen LogP contribution is 2.18. The number of carbonyl (C=O) groups is 1. The van der Waals surface area contributed by atoms with Crippen LogP contribution in [0, 0.1) is 0 Å². The Morgan fingerprint density at radius 2 is 2.19 bits per heavy atom. The van der Waals surface area contributed by atoms with Crippen molar-refractivity contribution in [1.29, 1.82) is 0 Å². The highest BCUT2D eigenvalue weighted by atomic mass is 16.7. The first-order chi connectivity index (χ1) is 7.88. The smallest absolute Gasteiger partial charge is 0.148 e. The second-order valence-electron chi connectivity index (χ2n) is 3.79. The molecule has 0 spiro atoms. The fourth-order valence-corrected chi connectivity index (χ4v) is 1.68. The van der Waals surface area contributed by atoms with Crippen LogP contribution in [0.25, 0.3) is 0 Å². The predicted molar refractivity (Wildman–Crippen MR) is 60.0 cm³/mol. The van der Waals surface area contributed by atoms with Crippen LogP contribution >= 0.6 is 0 Å². The Kier molecular flexibility index (Phi) is 3.91. The number of rotatable bonds is 5. The van der Waals surface area contributed by atoms with Crippen LogP contribution in [0.3, 0.4) is 0 Å². The molecule has 4 heteroatoms. The quantitative estimate of drug-likeness (QED) is 0.608. The Bertz CT molecular complexity index is 328. The zero-order valence-electron chi connectivity index (χ0n) is 8.96. The summed E-state index contributed by atoms with van der Waals surface area (Å²) in [6.07, 6.45) is 2.30. The average molecular weight is 221 g/mol. The Morgan fingerprint density at radius 3 is 2.88 bits per heavy atom. The van der Waals surface area contributed by atoms with E-state index in [0.29, 0.717) is 6.61 Å². The molecule has 1 aromatic carbocycles. The summed E-state index contributed by atoms with van der Waals surface area (Å²) in [4.78, 5) is 15.8. The van der Waals surface area contributed by atoms with Gasteiger partial charge in [0.05, 0.1) is 11.8 Å². The molecule has 0 amide bonds. The minimum Gasteiger partial charge on any atom is -0.365 e. The third kappa shape index (κ3) is 3.05. The SMILES string of the molecule is O=CC1CCC(CONc2ccccc2)O1. The number of anilines is 1. The number of hydrogen-bond acceptors (Lipinski definition) is 4. The summed E-state index contributed by atoms with van der Waals surface area (Å²) in [6, 6.07) is 9.65. The van der Waals surface area contributed by atoms with E-state index in [1.54, 1.807) is 0 Å². The molecule has 0 aromatic heterocycles. The van der Waals surface area contributed by atoms with Gasteiger partial charge in [-0.2, -0.15) is 0 Å². The first kappa shape index (κ1) is 11.1. The Balaban J connectivity index is 1.67. The molecule has 2 atom stereocenters. The molecule has 86 valence electrons. The molecule has 16 heavy (non-hydrogen) atoms. The lowest BCUT2D eigenvalue weighted by molar-refractivity contribution is -0.118. The van der Waals surface area contributed by atoms with Crippen LogP contribution in [0.1, 0.15) is 12.8 Å². The molecule has 0 aliphatic carbocycles. The van der Waals surface area contributed by atoms with Crippen molar-refractivity contribution in [2.24, 2.45) is 0 Å². The van der Waals surface area contributed by atoms with E-state index < -0.39 is 0 Å². The van der Waals surface area contributed by atoms with Crippen molar-refractivity contribution in [1.82, 2.24) is 0 Å². The third-order valence-electron chi connectivity index (χ3n) is 2.53. The molecule has 2 unspecified atom stereocenters. The van der Waals surface area contributed by atoms with E-state index in [-0.39, 0.29) is 12.2 Å². The minimum absolute atomic E-state index is 0.0198. The number of carbonyl (C=O) groups excluding carboxylic acids is 1. The van der Waals surface area contributed by atoms with Crippen molar-refractivity contribution >= 4 is 12.0 Å². The molecule has 0 saturated carbocycles. The van der Waals surface area contributed by atoms with Crippen LogP contribution in [-0.2, 0) is 14.4 Å². The molecule has 1 saturated heterocycles. The van der Waals surface area contributed by atoms with Crippen LogP contribution in [-0.4, -0.2) is 25.1 Å². The molecule has 4 nitrogen and oxygen atoms in total. The summed E-state index contributed by atoms with van der Waals surface area (Å²) < 4.78 is 5.42. The summed E-state index contributed by atoms with van der Waals surface area (Å²) >= 11 is 0. The van der Waals surface area contributed by atoms with Crippen molar-refractivity contribution in [3.8, 4) is 0 Å². The van der Waals surface area contributed by atoms with Crippen LogP contribution < -0.4 is 5.48 Å². The van der Waals surface area contributed by atoms with Crippen molar-refractivity contribution in [2.75, 3.05) is 12.1 Å². The monoisotopic (exact) mass is 221 g/mol. The largest absolute Gasteiger partial charge is 0.365 e. The highest BCUT2D eigenvalue weighted by Gasteiger charge is 2.24. The minimum atomic E-state index is -0.245. The Hall–Kier alpha value is -1.39. The van der Waals surface area contributed by atoms with Gasteiger partial charge in [-0.1, -0.05) is 18.2 Å². The van der Waals surface area contributed by atoms with Gasteiger partial charge in [0.1, 0.15) is 19.0 Å². The summed E-state index contributed by atoms with van der Waals surface area (Å²) in [5.41, 5.74) is 3.75. The molecule has 1 aromatic rings. The normalized spacial score (nSPS) is 24.2. The lowest BCUT2D eigenvalue weighted by atomic mass is 10.2. The second kappa shape index (κ2) is 5.63. The molecule has 0 radical (unpaired) electrons. The standard InChI is InChI=1S/C12H15NO3/c14-8-11-6-7-12(16-11)9-15-13-10-4-2-1-3-5-10/h1-5,8,11-13H,6-7,9H2. The van der Waals surface area contributed by atoms with Gasteiger partial charge in [0.2, 0.25) is 0 Å². The number of benzene rings is 1. The molecule has 0 bridgehead atoms. The lowest BCUT2D eigenvalue weighted by Gasteiger charge is -2.11. The Labute approximate surface area is 94.5 Å². The van der Waals surface area contributed by atoms with Gasteiger partial charge in [0.15, 0.2) is 0 Å². The maximum Gasteiger partial charge on any atom is 0.148 e. The van der Waals surface area contributed by atoms with Crippen molar-refractivity contribution in [2.45, 2.75) is 25.0 Å². The molecular formula is C12H15NO3. The molecule has 1 fully saturated rings. The van der Waals surface area contributed by atoms with Crippen LogP contribution in [0.2, 0.25) is 0 Å². The van der Waals surface area contributed by atoms with Gasteiger partial charge >= 0.3 is 0 Å². The number of hydrogen-bond donors (Lipinski definition) is 1. The van der Waals surface area contributed by atoms with Gasteiger partial charge in [-0.15, -0.1) is 0 Å². The van der Waals surface area contributed by atoms with Gasteiger partial charge < -0.3 is 9.53 Å². The summed E-state index contributed by atoms with van der Waals surface area (Å²) in [5, 5.41) is 0. The van der Waals surface area contributed by atoms with Crippen molar-refractivity contribution in [3.63, 3.8) is 0 Å². The van der Waals surface area contributed by atoms with Gasteiger partial charge in [-0.3, -0.25) is 10.3 Å². The van der Waals surface area contributed by atoms with Gasteiger partial charge in [-0.05, 0) is 25.0 Å². The third-order valence-corrected chi connectivity index (χ3v) is 2.53. The van der Waals surface area contributed by atoms with Crippen LogP contribution in [0.5, 0.6) is 0 Å². The first-order valence-corrected chi connectivity index (χ1v) is 5.42. The highest BCUT2D eigenvalue weighted by molar-refractivity contribution is 5.56. The van der Waals surface area contributed by atoms with E-state index >= 15 is 0 Å². The number of aldehydes is 1. The van der Waals surface area contributed by atoms with E-state index in [0.717, 1.165) is 24.8 Å². The van der Waals surface area contributed by atoms with E-state index in [4.69, 9.17) is 9.57 Å². The van der Waals surface area contributed by atoms with Crippen LogP contribution in [0.4, 0.5) is 5.69 Å². The van der Waals surface area contributed by atoms with Gasteiger partial charge in [0.25, 0.3) is 0 Å². The summed E-state index contributed by atoms with van der Waals surface area (Å²) in [7, 11) is 0. The van der Waals surface area contributed by atoms with Crippen molar-refractivity contribution in [3.05, 3.63) is 30.3 Å². The van der Waals surface area contributed by atoms with E-state index in [1.165, 1.54) is 0 Å². The number of nitrogens with one attached hydrogen (secondary N) is 1. The summed E-state index contributed by atoms with van der Waals surface area (Å²) in [5.74, 6) is 0. The van der Waals surface area contributed by atoms with E-state index in [9.17, 15) is 4.79 Å². The summed E-state index contributed by atoms with van der Waals surface area (Å²) in [6.45, 7) is 0.458. The predicted octanol–water partition coefficient (Wildman–Crippen LogP) is 1.78. The molecular weight excluding hydrogens is 206 g/mol. The molecule has 1 aliphatic heterocycles. The topological polar surface area (TPSA) is 47.6 Å². The van der Waals surface area contributed by atoms with Crippen molar-refractivity contribution < 1.29 is 14.4 Å². The number of para-hydroxylation sites is 1. The number of ether oxygens (including phenoxy) is 1. The van der Waals surface area contributed by atoms with Gasteiger partial charge in [-0.25, -0.2) is 0 Å². The molecule has 1 N–H and O–H groups in total. The molecule has 1 aliphatic rings. The van der Waals surface area contributed by atoms with E-state index in [2.05, 4.69) is 5.48 Å². The average Bonchev–Trinajstić information content (AvgIpc) is 2.78. The Morgan fingerprint density at radius 1 is 1.38 bits per heavy atom. The maximum absolute atomic E-state index is 10.5. The first-order valence-electron chi connectivity index (χ1n) is 5.42. The zero-order valence-corrected chi connectivity index (χ0v) is 8.96. The second-order valence-corrected chi connectivity index (χ2v) is 3.79. The lowest BCUT2D eigenvalue weighted by Crippen LogP contribution is -2.19. The zero-order chi connectivity index (χ0) is 11.2. The fraction of sp³-hybridized carbons (Fsp3) is 0.417. The van der Waals surface area contributed by atoms with E-state index in [1.807, 2.05) is 30.3 Å².